The third-order valence-corrected chi connectivity index (χ3v) is 2.81. The Labute approximate surface area is 120 Å². The maximum atomic E-state index is 5.85. The zero-order valence-corrected chi connectivity index (χ0v) is 11.9. The van der Waals surface area contributed by atoms with E-state index < -0.39 is 0 Å². The van der Waals surface area contributed by atoms with E-state index in [0.717, 1.165) is 11.3 Å². The van der Waals surface area contributed by atoms with Crippen LogP contribution < -0.4 is 4.74 Å². The van der Waals surface area contributed by atoms with Crippen LogP contribution in [0.15, 0.2) is 60.2 Å². The molecule has 0 saturated carbocycles. The molecule has 2 aromatic carbocycles. The fourth-order valence-corrected chi connectivity index (χ4v) is 1.90. The van der Waals surface area contributed by atoms with E-state index in [4.69, 9.17) is 4.74 Å². The molecule has 0 unspecified atom stereocenters. The Morgan fingerprint density at radius 1 is 1.05 bits per heavy atom. The minimum atomic E-state index is 0.567. The summed E-state index contributed by atoms with van der Waals surface area (Å²) < 4.78 is 5.85. The molecule has 100 valence electrons. The number of hydrogen-bond donors (Lipinski definition) is 0. The molecule has 0 saturated heterocycles. The molecule has 1 heteroatoms. The highest BCUT2D eigenvalue weighted by molar-refractivity contribution is 5.52. The van der Waals surface area contributed by atoms with Gasteiger partial charge in [-0.15, -0.1) is 5.92 Å². The van der Waals surface area contributed by atoms with E-state index in [9.17, 15) is 0 Å². The lowest BCUT2D eigenvalue weighted by molar-refractivity contribution is 0.352. The first-order valence-corrected chi connectivity index (χ1v) is 6.66. The van der Waals surface area contributed by atoms with Crippen molar-refractivity contribution in [3.8, 4) is 17.6 Å². The van der Waals surface area contributed by atoms with Crippen molar-refractivity contribution in [1.82, 2.24) is 0 Å². The molecule has 0 aliphatic rings. The van der Waals surface area contributed by atoms with Crippen molar-refractivity contribution in [2.24, 2.45) is 0 Å². The number of rotatable bonds is 4. The van der Waals surface area contributed by atoms with Gasteiger partial charge < -0.3 is 4.74 Å². The van der Waals surface area contributed by atoms with Crippen LogP contribution in [0.2, 0.25) is 0 Å². The van der Waals surface area contributed by atoms with Gasteiger partial charge in [0.05, 0.1) is 5.56 Å². The van der Waals surface area contributed by atoms with Gasteiger partial charge in [-0.1, -0.05) is 54.5 Å². The lowest BCUT2D eigenvalue weighted by Gasteiger charge is -2.08. The van der Waals surface area contributed by atoms with Crippen molar-refractivity contribution in [3.05, 3.63) is 71.3 Å². The molecule has 1 nitrogen and oxygen atoms in total. The summed E-state index contributed by atoms with van der Waals surface area (Å²) in [7, 11) is 0. The standard InChI is InChI=1S/C19H18O/c1-3-9-18-12-7-8-13-19(18)20-15-16(2)14-17-10-5-4-6-11-17/h4-8,10-14H,15H2,1-2H3/b16-14+. The average Bonchev–Trinajstić information content (AvgIpc) is 2.48. The van der Waals surface area contributed by atoms with Crippen molar-refractivity contribution in [2.45, 2.75) is 13.8 Å². The normalized spacial score (nSPS) is 10.6. The Morgan fingerprint density at radius 2 is 1.75 bits per heavy atom. The van der Waals surface area contributed by atoms with Gasteiger partial charge in [0.1, 0.15) is 12.4 Å². The second kappa shape index (κ2) is 7.21. The summed E-state index contributed by atoms with van der Waals surface area (Å²) in [4.78, 5) is 0. The van der Waals surface area contributed by atoms with Crippen LogP contribution in [0.25, 0.3) is 6.08 Å². The summed E-state index contributed by atoms with van der Waals surface area (Å²) >= 11 is 0. The molecular formula is C19H18O. The van der Waals surface area contributed by atoms with Crippen molar-refractivity contribution in [1.29, 1.82) is 0 Å². The molecule has 2 rings (SSSR count). The van der Waals surface area contributed by atoms with Gasteiger partial charge in [0, 0.05) is 0 Å². The molecule has 0 aliphatic heterocycles. The molecule has 20 heavy (non-hydrogen) atoms. The fourth-order valence-electron chi connectivity index (χ4n) is 1.90. The van der Waals surface area contributed by atoms with Gasteiger partial charge in [0.25, 0.3) is 0 Å². The maximum absolute atomic E-state index is 5.85. The molecule has 0 aromatic heterocycles. The summed E-state index contributed by atoms with van der Waals surface area (Å²) in [6.07, 6.45) is 2.13. The zero-order valence-electron chi connectivity index (χ0n) is 11.9. The topological polar surface area (TPSA) is 9.23 Å². The Bertz CT molecular complexity index is 642. The van der Waals surface area contributed by atoms with E-state index in [2.05, 4.69) is 37.0 Å². The van der Waals surface area contributed by atoms with Crippen LogP contribution in [-0.2, 0) is 0 Å². The Hall–Kier alpha value is -2.46. The van der Waals surface area contributed by atoms with E-state index >= 15 is 0 Å². The second-order valence-electron chi connectivity index (χ2n) is 4.56. The molecule has 0 radical (unpaired) electrons. The molecule has 0 atom stereocenters. The molecule has 0 heterocycles. The first kappa shape index (κ1) is 14.0. The predicted octanol–water partition coefficient (Wildman–Crippen LogP) is 4.54. The first-order chi connectivity index (χ1) is 9.79. The number of benzene rings is 2. The summed E-state index contributed by atoms with van der Waals surface area (Å²) in [5.74, 6) is 6.80. The van der Waals surface area contributed by atoms with Gasteiger partial charge in [0.15, 0.2) is 0 Å². The zero-order chi connectivity index (χ0) is 14.2. The summed E-state index contributed by atoms with van der Waals surface area (Å²) in [5, 5.41) is 0. The molecule has 0 amide bonds. The molecular weight excluding hydrogens is 244 g/mol. The van der Waals surface area contributed by atoms with Crippen LogP contribution >= 0.6 is 0 Å². The molecule has 0 spiro atoms. The van der Waals surface area contributed by atoms with Crippen LogP contribution in [0.1, 0.15) is 25.0 Å². The van der Waals surface area contributed by atoms with E-state index in [1.165, 1.54) is 11.1 Å². The Kier molecular flexibility index (Phi) is 5.03. The third-order valence-electron chi connectivity index (χ3n) is 2.81. The number of ether oxygens (including phenoxy) is 1. The number of para-hydroxylation sites is 1. The summed E-state index contributed by atoms with van der Waals surface area (Å²) in [6.45, 7) is 4.47. The lowest BCUT2D eigenvalue weighted by atomic mass is 10.1. The van der Waals surface area contributed by atoms with Crippen LogP contribution in [0.4, 0.5) is 0 Å². The van der Waals surface area contributed by atoms with E-state index in [1.54, 1.807) is 0 Å². The van der Waals surface area contributed by atoms with Gasteiger partial charge in [-0.2, -0.15) is 0 Å². The largest absolute Gasteiger partial charge is 0.488 e. The van der Waals surface area contributed by atoms with Gasteiger partial charge in [-0.3, -0.25) is 0 Å². The van der Waals surface area contributed by atoms with E-state index in [-0.39, 0.29) is 0 Å². The third kappa shape index (κ3) is 4.03. The van der Waals surface area contributed by atoms with E-state index in [1.807, 2.05) is 49.4 Å². The fraction of sp³-hybridized carbons (Fsp3) is 0.158. The lowest BCUT2D eigenvalue weighted by Crippen LogP contribution is -2.00. The summed E-state index contributed by atoms with van der Waals surface area (Å²) in [6, 6.07) is 18.1. The Morgan fingerprint density at radius 3 is 2.50 bits per heavy atom. The first-order valence-electron chi connectivity index (χ1n) is 6.66. The van der Waals surface area contributed by atoms with Crippen molar-refractivity contribution in [3.63, 3.8) is 0 Å². The molecule has 0 fully saturated rings. The van der Waals surface area contributed by atoms with Crippen molar-refractivity contribution < 1.29 is 4.74 Å². The van der Waals surface area contributed by atoms with Crippen LogP contribution in [0.3, 0.4) is 0 Å². The van der Waals surface area contributed by atoms with Crippen molar-refractivity contribution in [2.75, 3.05) is 6.61 Å². The maximum Gasteiger partial charge on any atom is 0.135 e. The quantitative estimate of drug-likeness (QED) is 0.735. The second-order valence-corrected chi connectivity index (χ2v) is 4.56. The molecule has 2 aromatic rings. The molecule has 0 N–H and O–H groups in total. The summed E-state index contributed by atoms with van der Waals surface area (Å²) in [5.41, 5.74) is 3.30. The smallest absolute Gasteiger partial charge is 0.135 e. The number of hydrogen-bond acceptors (Lipinski definition) is 1. The highest BCUT2D eigenvalue weighted by Crippen LogP contribution is 2.18. The SMILES string of the molecule is CC#Cc1ccccc1OC/C(C)=C/c1ccccc1. The van der Waals surface area contributed by atoms with Crippen LogP contribution in [0.5, 0.6) is 5.75 Å². The van der Waals surface area contributed by atoms with E-state index in [0.29, 0.717) is 6.61 Å². The highest BCUT2D eigenvalue weighted by Gasteiger charge is 2.00. The predicted molar refractivity (Wildman–Crippen MR) is 84.6 cm³/mol. The average molecular weight is 262 g/mol. The van der Waals surface area contributed by atoms with Crippen molar-refractivity contribution >= 4 is 6.08 Å². The van der Waals surface area contributed by atoms with Crippen LogP contribution in [-0.4, -0.2) is 6.61 Å². The Balaban J connectivity index is 2.05. The van der Waals surface area contributed by atoms with Gasteiger partial charge in [-0.25, -0.2) is 0 Å². The molecule has 0 bridgehead atoms. The molecule has 0 aliphatic carbocycles. The van der Waals surface area contributed by atoms with Gasteiger partial charge in [0.2, 0.25) is 0 Å². The minimum absolute atomic E-state index is 0.567. The monoisotopic (exact) mass is 262 g/mol. The minimum Gasteiger partial charge on any atom is -0.488 e. The van der Waals surface area contributed by atoms with Crippen LogP contribution in [0, 0.1) is 11.8 Å². The highest BCUT2D eigenvalue weighted by atomic mass is 16.5. The van der Waals surface area contributed by atoms with Gasteiger partial charge >= 0.3 is 0 Å². The van der Waals surface area contributed by atoms with Gasteiger partial charge in [-0.05, 0) is 37.1 Å².